The summed E-state index contributed by atoms with van der Waals surface area (Å²) in [6, 6.07) is 0. The second-order valence-electron chi connectivity index (χ2n) is 4.24. The van der Waals surface area contributed by atoms with Gasteiger partial charge in [-0.05, 0) is 25.7 Å². The molecule has 0 atom stereocenters. The van der Waals surface area contributed by atoms with E-state index in [4.69, 9.17) is 4.74 Å². The van der Waals surface area contributed by atoms with Gasteiger partial charge in [0.05, 0.1) is 6.61 Å². The van der Waals surface area contributed by atoms with Crippen molar-refractivity contribution in [2.24, 2.45) is 5.41 Å². The molecule has 15 heavy (non-hydrogen) atoms. The number of esters is 1. The molecule has 0 amide bonds. The highest BCUT2D eigenvalue weighted by molar-refractivity contribution is 5.69. The molecule has 0 saturated heterocycles. The summed E-state index contributed by atoms with van der Waals surface area (Å²) >= 11 is 0. The number of rotatable bonds is 7. The molecule has 0 unspecified atom stereocenters. The zero-order valence-corrected chi connectivity index (χ0v) is 9.10. The molecule has 0 radical (unpaired) electrons. The van der Waals surface area contributed by atoms with Gasteiger partial charge in [0.15, 0.2) is 0 Å². The van der Waals surface area contributed by atoms with Gasteiger partial charge in [-0.3, -0.25) is 4.79 Å². The quantitative estimate of drug-likeness (QED) is 0.486. The van der Waals surface area contributed by atoms with E-state index in [1.54, 1.807) is 0 Å². The largest absolute Gasteiger partial charge is 0.466 e. The fraction of sp³-hybridized carbons (Fsp3) is 0.909. The highest BCUT2D eigenvalue weighted by atomic mass is 19.3. The minimum absolute atomic E-state index is 0.133. The number of halogens is 2. The third-order valence-corrected chi connectivity index (χ3v) is 2.94. The smallest absolute Gasteiger partial charge is 0.305 e. The molecular formula is C11H18F2O2. The molecule has 1 aliphatic rings. The number of hydrogen-bond donors (Lipinski definition) is 0. The van der Waals surface area contributed by atoms with Gasteiger partial charge in [0.25, 0.3) is 0 Å². The summed E-state index contributed by atoms with van der Waals surface area (Å²) < 4.78 is 29.9. The Hall–Kier alpha value is -0.670. The van der Waals surface area contributed by atoms with Crippen molar-refractivity contribution in [3.8, 4) is 0 Å². The molecule has 1 aliphatic carbocycles. The van der Waals surface area contributed by atoms with Crippen LogP contribution in [0.1, 0.15) is 45.4 Å². The second-order valence-corrected chi connectivity index (χ2v) is 4.24. The Bertz CT molecular complexity index is 213. The van der Waals surface area contributed by atoms with Crippen LogP contribution in [0.2, 0.25) is 0 Å². The lowest BCUT2D eigenvalue weighted by Gasteiger charge is -2.12. The lowest BCUT2D eigenvalue weighted by atomic mass is 10.0. The molecular weight excluding hydrogens is 202 g/mol. The first-order valence-corrected chi connectivity index (χ1v) is 5.54. The summed E-state index contributed by atoms with van der Waals surface area (Å²) in [5, 5.41) is 0. The monoisotopic (exact) mass is 220 g/mol. The van der Waals surface area contributed by atoms with E-state index < -0.39 is 11.8 Å². The van der Waals surface area contributed by atoms with Gasteiger partial charge in [-0.15, -0.1) is 0 Å². The molecule has 0 aromatic rings. The lowest BCUT2D eigenvalue weighted by Crippen LogP contribution is -2.15. The van der Waals surface area contributed by atoms with Crippen molar-refractivity contribution in [3.05, 3.63) is 0 Å². The molecule has 88 valence electrons. The Labute approximate surface area is 89.0 Å². The standard InChI is InChI=1S/C11H18F2O2/c1-2-3-8-15-9(14)4-5-11(6-7-11)10(12)13/h10H,2-8H2,1H3. The Kier molecular flexibility index (Phi) is 4.48. The molecule has 0 bridgehead atoms. The molecule has 0 aliphatic heterocycles. The number of carbonyl (C=O) groups is 1. The normalized spacial score (nSPS) is 17.9. The van der Waals surface area contributed by atoms with Crippen molar-refractivity contribution in [1.29, 1.82) is 0 Å². The van der Waals surface area contributed by atoms with Gasteiger partial charge in [-0.25, -0.2) is 8.78 Å². The van der Waals surface area contributed by atoms with Crippen molar-refractivity contribution < 1.29 is 18.3 Å². The van der Waals surface area contributed by atoms with E-state index in [9.17, 15) is 13.6 Å². The lowest BCUT2D eigenvalue weighted by molar-refractivity contribution is -0.144. The van der Waals surface area contributed by atoms with Crippen molar-refractivity contribution in [2.75, 3.05) is 6.61 Å². The zero-order valence-electron chi connectivity index (χ0n) is 9.10. The Balaban J connectivity index is 2.12. The molecule has 0 aromatic carbocycles. The van der Waals surface area contributed by atoms with Gasteiger partial charge in [0.2, 0.25) is 6.43 Å². The fourth-order valence-electron chi connectivity index (χ4n) is 1.49. The maximum Gasteiger partial charge on any atom is 0.305 e. The molecule has 1 fully saturated rings. The predicted molar refractivity (Wildman–Crippen MR) is 52.8 cm³/mol. The second kappa shape index (κ2) is 5.42. The Morgan fingerprint density at radius 3 is 2.60 bits per heavy atom. The third-order valence-electron chi connectivity index (χ3n) is 2.94. The summed E-state index contributed by atoms with van der Waals surface area (Å²) in [5.74, 6) is -0.338. The summed E-state index contributed by atoms with van der Waals surface area (Å²) in [5.41, 5.74) is -0.857. The summed E-state index contributed by atoms with van der Waals surface area (Å²) in [6.45, 7) is 2.42. The first kappa shape index (κ1) is 12.4. The van der Waals surface area contributed by atoms with E-state index in [1.165, 1.54) is 0 Å². The fourth-order valence-corrected chi connectivity index (χ4v) is 1.49. The van der Waals surface area contributed by atoms with Crippen molar-refractivity contribution >= 4 is 5.97 Å². The topological polar surface area (TPSA) is 26.3 Å². The van der Waals surface area contributed by atoms with Gasteiger partial charge < -0.3 is 4.74 Å². The van der Waals surface area contributed by atoms with E-state index in [0.717, 1.165) is 12.8 Å². The SMILES string of the molecule is CCCCOC(=O)CCC1(C(F)F)CC1. The van der Waals surface area contributed by atoms with Crippen LogP contribution in [0.5, 0.6) is 0 Å². The summed E-state index contributed by atoms with van der Waals surface area (Å²) in [4.78, 5) is 11.1. The highest BCUT2D eigenvalue weighted by Gasteiger charge is 2.50. The van der Waals surface area contributed by atoms with Crippen LogP contribution in [0, 0.1) is 5.41 Å². The summed E-state index contributed by atoms with van der Waals surface area (Å²) in [7, 11) is 0. The molecule has 1 saturated carbocycles. The molecule has 1 rings (SSSR count). The zero-order chi connectivity index (χ0) is 11.3. The van der Waals surface area contributed by atoms with Crippen LogP contribution < -0.4 is 0 Å². The van der Waals surface area contributed by atoms with Gasteiger partial charge in [-0.2, -0.15) is 0 Å². The van der Waals surface area contributed by atoms with Crippen molar-refractivity contribution in [2.45, 2.75) is 51.9 Å². The van der Waals surface area contributed by atoms with Crippen LogP contribution in [0.4, 0.5) is 8.78 Å². The minimum Gasteiger partial charge on any atom is -0.466 e. The van der Waals surface area contributed by atoms with E-state index in [1.807, 2.05) is 6.92 Å². The number of ether oxygens (including phenoxy) is 1. The Morgan fingerprint density at radius 2 is 2.13 bits per heavy atom. The minimum atomic E-state index is -2.29. The average molecular weight is 220 g/mol. The molecule has 4 heteroatoms. The number of alkyl halides is 2. The first-order chi connectivity index (χ1) is 7.10. The molecule has 0 heterocycles. The maximum absolute atomic E-state index is 12.5. The number of unbranched alkanes of at least 4 members (excludes halogenated alkanes) is 1. The Morgan fingerprint density at radius 1 is 1.47 bits per heavy atom. The van der Waals surface area contributed by atoms with Gasteiger partial charge in [-0.1, -0.05) is 13.3 Å². The van der Waals surface area contributed by atoms with E-state index >= 15 is 0 Å². The van der Waals surface area contributed by atoms with E-state index in [-0.39, 0.29) is 18.8 Å². The van der Waals surface area contributed by atoms with Crippen LogP contribution in [0.15, 0.2) is 0 Å². The van der Waals surface area contributed by atoms with Crippen molar-refractivity contribution in [3.63, 3.8) is 0 Å². The number of hydrogen-bond acceptors (Lipinski definition) is 2. The number of carbonyl (C=O) groups excluding carboxylic acids is 1. The van der Waals surface area contributed by atoms with Crippen molar-refractivity contribution in [1.82, 2.24) is 0 Å². The van der Waals surface area contributed by atoms with Gasteiger partial charge in [0, 0.05) is 11.8 Å². The van der Waals surface area contributed by atoms with Crippen LogP contribution in [-0.2, 0) is 9.53 Å². The summed E-state index contributed by atoms with van der Waals surface area (Å²) in [6.07, 6.45) is 1.02. The van der Waals surface area contributed by atoms with Crippen LogP contribution in [0.25, 0.3) is 0 Å². The molecule has 0 aromatic heterocycles. The van der Waals surface area contributed by atoms with Crippen LogP contribution in [0.3, 0.4) is 0 Å². The predicted octanol–water partition coefficient (Wildman–Crippen LogP) is 3.16. The van der Waals surface area contributed by atoms with Gasteiger partial charge in [0.1, 0.15) is 0 Å². The van der Waals surface area contributed by atoms with Crippen LogP contribution >= 0.6 is 0 Å². The van der Waals surface area contributed by atoms with Crippen LogP contribution in [-0.4, -0.2) is 19.0 Å². The first-order valence-electron chi connectivity index (χ1n) is 5.54. The third kappa shape index (κ3) is 3.76. The average Bonchev–Trinajstić information content (AvgIpc) is 2.96. The maximum atomic E-state index is 12.5. The van der Waals surface area contributed by atoms with E-state index in [0.29, 0.717) is 19.4 Å². The molecule has 0 spiro atoms. The van der Waals surface area contributed by atoms with Gasteiger partial charge >= 0.3 is 5.97 Å². The molecule has 0 N–H and O–H groups in total. The molecule has 2 nitrogen and oxygen atoms in total. The highest BCUT2D eigenvalue weighted by Crippen LogP contribution is 2.54. The van der Waals surface area contributed by atoms with E-state index in [2.05, 4.69) is 0 Å².